The molecule has 150 valence electrons. The maximum absolute atomic E-state index is 13.9. The molecule has 6 nitrogen and oxygen atoms in total. The molecule has 0 aliphatic carbocycles. The predicted molar refractivity (Wildman–Crippen MR) is 89.7 cm³/mol. The van der Waals surface area contributed by atoms with E-state index in [0.29, 0.717) is 12.1 Å². The molecule has 0 aliphatic rings. The van der Waals surface area contributed by atoms with E-state index in [0.717, 1.165) is 0 Å². The van der Waals surface area contributed by atoms with Crippen LogP contribution in [0.1, 0.15) is 45.6 Å². The first-order valence-corrected chi connectivity index (χ1v) is 10.4. The molecule has 0 atom stereocenters. The molecule has 1 rings (SSSR count). The van der Waals surface area contributed by atoms with Crippen LogP contribution in [-0.2, 0) is 34.1 Å². The van der Waals surface area contributed by atoms with Gasteiger partial charge in [-0.25, -0.2) is 13.2 Å². The van der Waals surface area contributed by atoms with Gasteiger partial charge in [0.05, 0.1) is 6.04 Å². The Morgan fingerprint density at radius 1 is 0.815 bits per heavy atom. The predicted octanol–water partition coefficient (Wildman–Crippen LogP) is 3.44. The second-order valence-electron chi connectivity index (χ2n) is 5.51. The summed E-state index contributed by atoms with van der Waals surface area (Å²) in [4.78, 5) is 35.4. The van der Waals surface area contributed by atoms with Crippen LogP contribution < -0.4 is 0 Å². The number of rotatable bonds is 9. The zero-order valence-corrected chi connectivity index (χ0v) is 16.3. The highest BCUT2D eigenvalue weighted by Gasteiger charge is 2.52. The second kappa shape index (κ2) is 10.1. The molecule has 0 aliphatic heterocycles. The van der Waals surface area contributed by atoms with Crippen molar-refractivity contribution < 1.29 is 40.8 Å². The molecular weight excluding hydrogens is 385 g/mol. The minimum absolute atomic E-state index is 0.0959. The van der Waals surface area contributed by atoms with Crippen molar-refractivity contribution in [2.24, 2.45) is 0 Å². The number of hydrogen-bond donors (Lipinski definition) is 0. The minimum atomic E-state index is -4.27. The van der Waals surface area contributed by atoms with Gasteiger partial charge in [0.2, 0.25) is 0 Å². The molecule has 0 bridgehead atoms. The molecule has 0 radical (unpaired) electrons. The highest BCUT2D eigenvalue weighted by molar-refractivity contribution is 6.65. The molecular formula is C17H21F3O6Si. The lowest BCUT2D eigenvalue weighted by atomic mass is 10.1. The van der Waals surface area contributed by atoms with Crippen LogP contribution in [0.25, 0.3) is 0 Å². The number of benzene rings is 1. The van der Waals surface area contributed by atoms with Crippen molar-refractivity contribution in [2.75, 3.05) is 0 Å². The van der Waals surface area contributed by atoms with E-state index < -0.39 is 62.2 Å². The molecule has 0 heterocycles. The summed E-state index contributed by atoms with van der Waals surface area (Å²) in [5.41, 5.74) is -0.499. The van der Waals surface area contributed by atoms with Crippen LogP contribution in [0.2, 0.25) is 6.04 Å². The van der Waals surface area contributed by atoms with Gasteiger partial charge in [0, 0.05) is 37.0 Å². The van der Waals surface area contributed by atoms with Crippen molar-refractivity contribution in [1.82, 2.24) is 0 Å². The Labute approximate surface area is 156 Å². The van der Waals surface area contributed by atoms with E-state index in [2.05, 4.69) is 0 Å². The zero-order valence-electron chi connectivity index (χ0n) is 15.3. The van der Waals surface area contributed by atoms with Crippen molar-refractivity contribution in [1.29, 1.82) is 0 Å². The highest BCUT2D eigenvalue weighted by Crippen LogP contribution is 2.24. The van der Waals surface area contributed by atoms with Crippen molar-refractivity contribution in [2.45, 2.75) is 52.5 Å². The van der Waals surface area contributed by atoms with Crippen LogP contribution >= 0.6 is 0 Å². The Morgan fingerprint density at radius 2 is 1.19 bits per heavy atom. The first-order valence-electron chi connectivity index (χ1n) is 8.45. The van der Waals surface area contributed by atoms with Crippen LogP contribution in [0.3, 0.4) is 0 Å². The third-order valence-corrected chi connectivity index (χ3v) is 5.94. The average Bonchev–Trinajstić information content (AvgIpc) is 2.60. The van der Waals surface area contributed by atoms with E-state index in [-0.39, 0.29) is 19.3 Å². The monoisotopic (exact) mass is 406 g/mol. The Morgan fingerprint density at radius 3 is 1.52 bits per heavy atom. The van der Waals surface area contributed by atoms with Gasteiger partial charge in [-0.2, -0.15) is 0 Å². The third-order valence-electron chi connectivity index (χ3n) is 3.46. The van der Waals surface area contributed by atoms with Crippen LogP contribution in [0.4, 0.5) is 13.2 Å². The van der Waals surface area contributed by atoms with Crippen molar-refractivity contribution in [3.8, 4) is 0 Å². The van der Waals surface area contributed by atoms with Gasteiger partial charge in [-0.1, -0.05) is 20.8 Å². The first-order chi connectivity index (χ1) is 12.7. The molecule has 1 aromatic rings. The Bertz CT molecular complexity index is 641. The highest BCUT2D eigenvalue weighted by atomic mass is 28.4. The molecule has 0 aromatic heterocycles. The fourth-order valence-corrected chi connectivity index (χ4v) is 4.50. The number of carbonyl (C=O) groups is 3. The molecule has 1 aromatic carbocycles. The molecule has 0 unspecified atom stereocenters. The summed E-state index contributed by atoms with van der Waals surface area (Å²) < 4.78 is 56.3. The molecule has 0 amide bonds. The zero-order chi connectivity index (χ0) is 20.6. The summed E-state index contributed by atoms with van der Waals surface area (Å²) >= 11 is 0. The van der Waals surface area contributed by atoms with Crippen LogP contribution in [0.5, 0.6) is 0 Å². The summed E-state index contributed by atoms with van der Waals surface area (Å²) in [7, 11) is -4.27. The van der Waals surface area contributed by atoms with E-state index in [1.165, 1.54) is 20.8 Å². The van der Waals surface area contributed by atoms with Gasteiger partial charge < -0.3 is 13.3 Å². The minimum Gasteiger partial charge on any atom is -0.455 e. The summed E-state index contributed by atoms with van der Waals surface area (Å²) in [6, 6.07) is 0.557. The van der Waals surface area contributed by atoms with E-state index >= 15 is 0 Å². The van der Waals surface area contributed by atoms with Crippen LogP contribution in [0.15, 0.2) is 12.1 Å². The summed E-state index contributed by atoms with van der Waals surface area (Å²) in [6.07, 6.45) is -0.723. The standard InChI is InChI=1S/C17H21F3O6Si/c1-4-15(21)24-27(25-16(22)5-2,26-17(23)6-3)8-7-12-13(19)9-11(18)10-14(12)20/h9-10H,4-8H2,1-3H3. The molecule has 0 saturated carbocycles. The Hall–Kier alpha value is -2.36. The molecule has 0 N–H and O–H groups in total. The van der Waals surface area contributed by atoms with Gasteiger partial charge in [-0.05, 0) is 6.42 Å². The third kappa shape index (κ3) is 6.70. The maximum atomic E-state index is 13.9. The molecule has 0 saturated heterocycles. The Balaban J connectivity index is 3.22. The summed E-state index contributed by atoms with van der Waals surface area (Å²) in [5, 5.41) is 0. The fourth-order valence-electron chi connectivity index (χ4n) is 2.04. The smallest absolute Gasteiger partial charge is 0.455 e. The van der Waals surface area contributed by atoms with Gasteiger partial charge in [0.25, 0.3) is 17.9 Å². The second-order valence-corrected chi connectivity index (χ2v) is 7.99. The van der Waals surface area contributed by atoms with Crippen molar-refractivity contribution >= 4 is 26.7 Å². The van der Waals surface area contributed by atoms with Gasteiger partial charge in [0.15, 0.2) is 0 Å². The van der Waals surface area contributed by atoms with E-state index in [1.54, 1.807) is 0 Å². The van der Waals surface area contributed by atoms with Gasteiger partial charge >= 0.3 is 8.80 Å². The van der Waals surface area contributed by atoms with Crippen LogP contribution in [0, 0.1) is 17.5 Å². The van der Waals surface area contributed by atoms with Gasteiger partial charge in [-0.3, -0.25) is 14.4 Å². The first kappa shape index (κ1) is 22.7. The lowest BCUT2D eigenvalue weighted by Gasteiger charge is -2.27. The SMILES string of the molecule is CCC(=O)O[Si](CCc1c(F)cc(F)cc1F)(OC(=O)CC)OC(=O)CC. The maximum Gasteiger partial charge on any atom is 0.705 e. The van der Waals surface area contributed by atoms with E-state index in [1.807, 2.05) is 0 Å². The molecule has 0 fully saturated rings. The largest absolute Gasteiger partial charge is 0.705 e. The van der Waals surface area contributed by atoms with E-state index in [9.17, 15) is 27.6 Å². The number of carbonyl (C=O) groups excluding carboxylic acids is 3. The lowest BCUT2D eigenvalue weighted by molar-refractivity contribution is -0.150. The van der Waals surface area contributed by atoms with Crippen LogP contribution in [-0.4, -0.2) is 26.7 Å². The summed E-state index contributed by atoms with van der Waals surface area (Å²) in [5.74, 6) is -5.79. The number of halogens is 3. The molecule has 27 heavy (non-hydrogen) atoms. The lowest BCUT2D eigenvalue weighted by Crippen LogP contribution is -2.50. The summed E-state index contributed by atoms with van der Waals surface area (Å²) in [6.45, 7) is 4.43. The topological polar surface area (TPSA) is 78.9 Å². The number of hydrogen-bond acceptors (Lipinski definition) is 6. The van der Waals surface area contributed by atoms with Gasteiger partial charge in [0.1, 0.15) is 17.5 Å². The van der Waals surface area contributed by atoms with Gasteiger partial charge in [-0.15, -0.1) is 0 Å². The van der Waals surface area contributed by atoms with Crippen molar-refractivity contribution in [3.05, 3.63) is 35.1 Å². The van der Waals surface area contributed by atoms with Crippen molar-refractivity contribution in [3.63, 3.8) is 0 Å². The molecule has 0 spiro atoms. The Kier molecular flexibility index (Phi) is 8.48. The normalized spacial score (nSPS) is 11.0. The average molecular weight is 406 g/mol. The quantitative estimate of drug-likeness (QED) is 0.585. The van der Waals surface area contributed by atoms with E-state index in [4.69, 9.17) is 13.3 Å². The molecule has 10 heteroatoms. The fraction of sp³-hybridized carbons (Fsp3) is 0.471.